The minimum atomic E-state index is -4.27. The SMILES string of the molecule is C[N+](C)(CCOC(=O)Oc1ccccc1)CCOC(=O)Oc1ccccc1.Cc1ccc(S(=O)(=O)[O-])cc1. The molecular formula is C27H31NO9S. The highest BCUT2D eigenvalue weighted by atomic mass is 32.2. The van der Waals surface area contributed by atoms with Crippen molar-refractivity contribution in [3.8, 4) is 11.5 Å². The van der Waals surface area contributed by atoms with Gasteiger partial charge in [-0.2, -0.15) is 0 Å². The van der Waals surface area contributed by atoms with Crippen LogP contribution in [0.3, 0.4) is 0 Å². The molecule has 0 aliphatic carbocycles. The van der Waals surface area contributed by atoms with Crippen LogP contribution in [-0.4, -0.2) is 70.2 Å². The molecule has 11 heteroatoms. The fraction of sp³-hybridized carbons (Fsp3) is 0.259. The first kappa shape index (κ1) is 30.3. The highest BCUT2D eigenvalue weighted by molar-refractivity contribution is 7.85. The Balaban J connectivity index is 0.000000384. The van der Waals surface area contributed by atoms with Crippen molar-refractivity contribution in [1.82, 2.24) is 0 Å². The van der Waals surface area contributed by atoms with E-state index in [0.717, 1.165) is 5.56 Å². The molecule has 0 aliphatic rings. The second-order valence-electron chi connectivity index (χ2n) is 8.68. The van der Waals surface area contributed by atoms with Crippen LogP contribution >= 0.6 is 0 Å². The van der Waals surface area contributed by atoms with E-state index in [0.29, 0.717) is 29.1 Å². The molecule has 0 N–H and O–H groups in total. The van der Waals surface area contributed by atoms with Gasteiger partial charge in [0.15, 0.2) is 0 Å². The molecule has 0 atom stereocenters. The molecule has 0 amide bonds. The van der Waals surface area contributed by atoms with E-state index in [1.54, 1.807) is 60.7 Å². The molecule has 204 valence electrons. The maximum Gasteiger partial charge on any atom is 0.514 e. The van der Waals surface area contributed by atoms with E-state index >= 15 is 0 Å². The molecule has 0 aromatic heterocycles. The number of hydrogen-bond donors (Lipinski definition) is 0. The molecule has 0 spiro atoms. The topological polar surface area (TPSA) is 128 Å². The zero-order chi connectivity index (χ0) is 28.0. The van der Waals surface area contributed by atoms with Crippen LogP contribution in [0.4, 0.5) is 9.59 Å². The number of nitrogens with zero attached hydrogens (tertiary/aromatic N) is 1. The minimum Gasteiger partial charge on any atom is -0.744 e. The van der Waals surface area contributed by atoms with Crippen LogP contribution in [0, 0.1) is 6.92 Å². The predicted octanol–water partition coefficient (Wildman–Crippen LogP) is 4.39. The zero-order valence-corrected chi connectivity index (χ0v) is 22.3. The largest absolute Gasteiger partial charge is 0.744 e. The monoisotopic (exact) mass is 545 g/mol. The smallest absolute Gasteiger partial charge is 0.514 e. The predicted molar refractivity (Wildman–Crippen MR) is 138 cm³/mol. The van der Waals surface area contributed by atoms with E-state index in [9.17, 15) is 22.6 Å². The molecular weight excluding hydrogens is 514 g/mol. The lowest BCUT2D eigenvalue weighted by molar-refractivity contribution is -0.890. The second-order valence-corrected chi connectivity index (χ2v) is 10.1. The lowest BCUT2D eigenvalue weighted by Crippen LogP contribution is -2.45. The molecule has 3 aromatic carbocycles. The van der Waals surface area contributed by atoms with Crippen molar-refractivity contribution in [2.75, 3.05) is 40.4 Å². The third-order valence-electron chi connectivity index (χ3n) is 5.03. The van der Waals surface area contributed by atoms with Crippen molar-refractivity contribution in [3.63, 3.8) is 0 Å². The van der Waals surface area contributed by atoms with E-state index in [1.165, 1.54) is 12.1 Å². The van der Waals surface area contributed by atoms with Crippen LogP contribution in [0.1, 0.15) is 5.56 Å². The quantitative estimate of drug-likeness (QED) is 0.166. The number of para-hydroxylation sites is 2. The van der Waals surface area contributed by atoms with Gasteiger partial charge in [0, 0.05) is 0 Å². The Morgan fingerprint density at radius 2 is 1.11 bits per heavy atom. The molecule has 0 heterocycles. The van der Waals surface area contributed by atoms with E-state index in [-0.39, 0.29) is 18.1 Å². The average molecular weight is 546 g/mol. The summed E-state index contributed by atoms with van der Waals surface area (Å²) in [6.45, 7) is 3.28. The van der Waals surface area contributed by atoms with Gasteiger partial charge in [0.05, 0.1) is 19.0 Å². The Labute approximate surface area is 222 Å². The van der Waals surface area contributed by atoms with Gasteiger partial charge in [-0.3, -0.25) is 0 Å². The summed E-state index contributed by atoms with van der Waals surface area (Å²) < 4.78 is 51.9. The van der Waals surface area contributed by atoms with Gasteiger partial charge in [0.1, 0.15) is 47.9 Å². The normalized spacial score (nSPS) is 10.9. The van der Waals surface area contributed by atoms with Crippen LogP contribution in [0.15, 0.2) is 89.8 Å². The van der Waals surface area contributed by atoms with Crippen molar-refractivity contribution in [2.24, 2.45) is 0 Å². The van der Waals surface area contributed by atoms with Crippen molar-refractivity contribution in [1.29, 1.82) is 0 Å². The average Bonchev–Trinajstić information content (AvgIpc) is 2.85. The third kappa shape index (κ3) is 12.3. The van der Waals surface area contributed by atoms with Gasteiger partial charge >= 0.3 is 12.3 Å². The molecule has 0 bridgehead atoms. The van der Waals surface area contributed by atoms with Gasteiger partial charge < -0.3 is 28.0 Å². The summed E-state index contributed by atoms with van der Waals surface area (Å²) in [5.41, 5.74) is 0.928. The third-order valence-corrected chi connectivity index (χ3v) is 5.88. The molecule has 38 heavy (non-hydrogen) atoms. The summed E-state index contributed by atoms with van der Waals surface area (Å²) in [4.78, 5) is 23.1. The van der Waals surface area contributed by atoms with Crippen molar-refractivity contribution < 1.29 is 46.0 Å². The van der Waals surface area contributed by atoms with Gasteiger partial charge in [-0.25, -0.2) is 18.0 Å². The van der Waals surface area contributed by atoms with Gasteiger partial charge in [-0.15, -0.1) is 0 Å². The van der Waals surface area contributed by atoms with Crippen LogP contribution in [0.25, 0.3) is 0 Å². The van der Waals surface area contributed by atoms with Crippen LogP contribution < -0.4 is 9.47 Å². The lowest BCUT2D eigenvalue weighted by Gasteiger charge is -2.28. The number of ether oxygens (including phenoxy) is 4. The molecule has 0 aliphatic heterocycles. The number of benzene rings is 3. The maximum atomic E-state index is 11.6. The number of carbonyl (C=O) groups excluding carboxylic acids is 2. The lowest BCUT2D eigenvalue weighted by atomic mass is 10.2. The molecule has 3 rings (SSSR count). The Kier molecular flexibility index (Phi) is 11.7. The fourth-order valence-electron chi connectivity index (χ4n) is 2.80. The number of carbonyl (C=O) groups is 2. The molecule has 3 aromatic rings. The fourth-order valence-corrected chi connectivity index (χ4v) is 3.27. The van der Waals surface area contributed by atoms with Crippen LogP contribution in [0.2, 0.25) is 0 Å². The first-order chi connectivity index (χ1) is 17.9. The van der Waals surface area contributed by atoms with Gasteiger partial charge in [0.2, 0.25) is 0 Å². The summed E-state index contributed by atoms with van der Waals surface area (Å²) in [6.07, 6.45) is -1.49. The number of hydrogen-bond acceptors (Lipinski definition) is 9. The number of likely N-dealkylation sites (N-methyl/N-ethyl adjacent to an activating group) is 1. The standard InChI is InChI=1S/C20H24NO6.C7H8O3S/c1-21(2,13-15-24-19(22)26-17-9-5-3-6-10-17)14-16-25-20(23)27-18-11-7-4-8-12-18;1-6-2-4-7(5-3-6)11(8,9)10/h3-12H,13-16H2,1-2H3;2-5H,1H3,(H,8,9,10)/q+1;/p-1. The van der Waals surface area contributed by atoms with Crippen molar-refractivity contribution >= 4 is 22.4 Å². The number of quaternary nitrogens is 1. The Morgan fingerprint density at radius 1 is 0.711 bits per heavy atom. The second kappa shape index (κ2) is 14.7. The van der Waals surface area contributed by atoms with Gasteiger partial charge in [0.25, 0.3) is 0 Å². The maximum absolute atomic E-state index is 11.6. The summed E-state index contributed by atoms with van der Waals surface area (Å²) in [5.74, 6) is 0.864. The van der Waals surface area contributed by atoms with E-state index < -0.39 is 22.4 Å². The summed E-state index contributed by atoms with van der Waals surface area (Å²) in [7, 11) is -0.385. The Bertz CT molecular complexity index is 1190. The minimum absolute atomic E-state index is 0.178. The Hall–Kier alpha value is -3.93. The molecule has 0 fully saturated rings. The first-order valence-electron chi connectivity index (χ1n) is 11.6. The van der Waals surface area contributed by atoms with E-state index in [4.69, 9.17) is 18.9 Å². The van der Waals surface area contributed by atoms with E-state index in [1.807, 2.05) is 33.2 Å². The summed E-state index contributed by atoms with van der Waals surface area (Å²) >= 11 is 0. The van der Waals surface area contributed by atoms with Crippen molar-refractivity contribution in [3.05, 3.63) is 90.5 Å². The van der Waals surface area contributed by atoms with Gasteiger partial charge in [-0.05, 0) is 43.3 Å². The molecule has 10 nitrogen and oxygen atoms in total. The highest BCUT2D eigenvalue weighted by Gasteiger charge is 2.18. The zero-order valence-electron chi connectivity index (χ0n) is 21.4. The van der Waals surface area contributed by atoms with E-state index in [2.05, 4.69) is 0 Å². The van der Waals surface area contributed by atoms with Crippen LogP contribution in [-0.2, 0) is 19.6 Å². The van der Waals surface area contributed by atoms with Crippen molar-refractivity contribution in [2.45, 2.75) is 11.8 Å². The van der Waals surface area contributed by atoms with Gasteiger partial charge in [-0.1, -0.05) is 54.1 Å². The Morgan fingerprint density at radius 3 is 1.47 bits per heavy atom. The summed E-state index contributed by atoms with van der Waals surface area (Å²) in [6, 6.07) is 23.2. The molecule has 0 saturated carbocycles. The molecule has 0 saturated heterocycles. The van der Waals surface area contributed by atoms with Crippen LogP contribution in [0.5, 0.6) is 11.5 Å². The molecule has 0 radical (unpaired) electrons. The highest BCUT2D eigenvalue weighted by Crippen LogP contribution is 2.11. The molecule has 0 unspecified atom stereocenters. The first-order valence-corrected chi connectivity index (χ1v) is 13.0. The number of rotatable bonds is 9. The number of aryl methyl sites for hydroxylation is 1. The summed E-state index contributed by atoms with van der Waals surface area (Å²) in [5, 5.41) is 0.